The quantitative estimate of drug-likeness (QED) is 0.765. The Morgan fingerprint density at radius 3 is 2.62 bits per heavy atom. The van der Waals surface area contributed by atoms with Gasteiger partial charge in [0.1, 0.15) is 0 Å². The van der Waals surface area contributed by atoms with E-state index < -0.39 is 9.84 Å². The summed E-state index contributed by atoms with van der Waals surface area (Å²) in [5.74, 6) is 0.295. The number of piperazine rings is 1. The molecule has 0 aromatic carbocycles. The molecule has 0 bridgehead atoms. The first-order valence-corrected chi connectivity index (χ1v) is 11.2. The van der Waals surface area contributed by atoms with Crippen LogP contribution in [-0.2, 0) is 21.2 Å². The van der Waals surface area contributed by atoms with E-state index in [2.05, 4.69) is 19.8 Å². The number of imidazole rings is 1. The highest BCUT2D eigenvalue weighted by Gasteiger charge is 2.48. The number of nitrogens with one attached hydrogen (secondary N) is 1. The fourth-order valence-electron chi connectivity index (χ4n) is 4.49. The number of amides is 1. The summed E-state index contributed by atoms with van der Waals surface area (Å²) in [7, 11) is -3.12. The van der Waals surface area contributed by atoms with Crippen molar-refractivity contribution in [1.82, 2.24) is 24.7 Å². The molecule has 1 N–H and O–H groups in total. The first kappa shape index (κ1) is 17.9. The van der Waals surface area contributed by atoms with Crippen LogP contribution < -0.4 is 0 Å². The molecular formula is C17H27N5O3S. The van der Waals surface area contributed by atoms with E-state index in [-0.39, 0.29) is 29.5 Å². The SMILES string of the molecule is Cc1[nH]cnc1CN1CCN(C(=O)CN2CCCC2)[C@H]2CS(=O)(=O)C[C@H]21. The predicted octanol–water partition coefficient (Wildman–Crippen LogP) is -0.376. The third-order valence-electron chi connectivity index (χ3n) is 5.96. The predicted molar refractivity (Wildman–Crippen MR) is 97.4 cm³/mol. The number of hydrogen-bond acceptors (Lipinski definition) is 6. The van der Waals surface area contributed by atoms with E-state index in [4.69, 9.17) is 0 Å². The smallest absolute Gasteiger partial charge is 0.237 e. The molecule has 0 radical (unpaired) electrons. The van der Waals surface area contributed by atoms with Gasteiger partial charge < -0.3 is 9.88 Å². The van der Waals surface area contributed by atoms with E-state index in [1.54, 1.807) is 6.33 Å². The summed E-state index contributed by atoms with van der Waals surface area (Å²) >= 11 is 0. The third-order valence-corrected chi connectivity index (χ3v) is 7.65. The minimum Gasteiger partial charge on any atom is -0.348 e. The maximum Gasteiger partial charge on any atom is 0.237 e. The minimum absolute atomic E-state index is 0.0783. The monoisotopic (exact) mass is 381 g/mol. The van der Waals surface area contributed by atoms with E-state index in [9.17, 15) is 13.2 Å². The Morgan fingerprint density at radius 2 is 1.92 bits per heavy atom. The second-order valence-electron chi connectivity index (χ2n) is 7.73. The molecule has 0 unspecified atom stereocenters. The molecule has 9 heteroatoms. The van der Waals surface area contributed by atoms with E-state index in [0.717, 1.165) is 37.3 Å². The van der Waals surface area contributed by atoms with Crippen molar-refractivity contribution in [2.24, 2.45) is 0 Å². The van der Waals surface area contributed by atoms with Gasteiger partial charge in [0, 0.05) is 31.4 Å². The van der Waals surface area contributed by atoms with Crippen molar-refractivity contribution in [3.05, 3.63) is 17.7 Å². The van der Waals surface area contributed by atoms with Crippen LogP contribution in [0.3, 0.4) is 0 Å². The van der Waals surface area contributed by atoms with Gasteiger partial charge in [-0.1, -0.05) is 0 Å². The first-order valence-electron chi connectivity index (χ1n) is 9.38. The third kappa shape index (κ3) is 3.52. The van der Waals surface area contributed by atoms with Gasteiger partial charge in [0.2, 0.25) is 5.91 Å². The molecule has 1 aromatic rings. The number of rotatable bonds is 4. The summed E-state index contributed by atoms with van der Waals surface area (Å²) in [5.41, 5.74) is 1.96. The molecule has 0 spiro atoms. The molecule has 144 valence electrons. The number of nitrogens with zero attached hydrogens (tertiary/aromatic N) is 4. The average Bonchev–Trinajstić information content (AvgIpc) is 3.28. The zero-order valence-electron chi connectivity index (χ0n) is 15.2. The molecule has 4 heterocycles. The number of aryl methyl sites for hydroxylation is 1. The van der Waals surface area contributed by atoms with Crippen LogP contribution >= 0.6 is 0 Å². The summed E-state index contributed by atoms with van der Waals surface area (Å²) in [6, 6.07) is -0.365. The number of aromatic nitrogens is 2. The summed E-state index contributed by atoms with van der Waals surface area (Å²) in [6.07, 6.45) is 3.96. The number of aromatic amines is 1. The van der Waals surface area contributed by atoms with Gasteiger partial charge in [-0.15, -0.1) is 0 Å². The Bertz CT molecular complexity index is 771. The molecular weight excluding hydrogens is 354 g/mol. The fourth-order valence-corrected chi connectivity index (χ4v) is 6.50. The van der Waals surface area contributed by atoms with E-state index in [1.807, 2.05) is 11.8 Å². The van der Waals surface area contributed by atoms with Crippen LogP contribution in [-0.4, -0.2) is 95.3 Å². The fraction of sp³-hybridized carbons (Fsp3) is 0.765. The summed E-state index contributed by atoms with van der Waals surface area (Å²) in [4.78, 5) is 26.5. The molecule has 3 aliphatic heterocycles. The number of carbonyl (C=O) groups excluding carboxylic acids is 1. The lowest BCUT2D eigenvalue weighted by molar-refractivity contribution is -0.138. The molecule has 2 atom stereocenters. The van der Waals surface area contributed by atoms with Crippen LogP contribution in [0.5, 0.6) is 0 Å². The van der Waals surface area contributed by atoms with Gasteiger partial charge in [-0.3, -0.25) is 14.6 Å². The van der Waals surface area contributed by atoms with Crippen molar-refractivity contribution in [3.8, 4) is 0 Å². The van der Waals surface area contributed by atoms with Gasteiger partial charge in [0.05, 0.1) is 36.1 Å². The number of fused-ring (bicyclic) bond motifs is 1. The molecule has 1 amide bonds. The zero-order valence-corrected chi connectivity index (χ0v) is 16.0. The van der Waals surface area contributed by atoms with Crippen LogP contribution in [0.1, 0.15) is 24.2 Å². The van der Waals surface area contributed by atoms with E-state index >= 15 is 0 Å². The van der Waals surface area contributed by atoms with Crippen LogP contribution in [0.4, 0.5) is 0 Å². The highest BCUT2D eigenvalue weighted by Crippen LogP contribution is 2.28. The molecule has 26 heavy (non-hydrogen) atoms. The number of likely N-dealkylation sites (tertiary alicyclic amines) is 1. The topological polar surface area (TPSA) is 89.6 Å². The number of sulfone groups is 1. The normalized spacial score (nSPS) is 29.2. The molecule has 0 aliphatic carbocycles. The minimum atomic E-state index is -3.12. The maximum absolute atomic E-state index is 12.8. The summed E-state index contributed by atoms with van der Waals surface area (Å²) in [6.45, 7) is 6.23. The van der Waals surface area contributed by atoms with Crippen LogP contribution in [0.2, 0.25) is 0 Å². The van der Waals surface area contributed by atoms with Crippen molar-refractivity contribution in [3.63, 3.8) is 0 Å². The molecule has 3 saturated heterocycles. The second-order valence-corrected chi connectivity index (χ2v) is 9.88. The Labute approximate surface area is 154 Å². The highest BCUT2D eigenvalue weighted by molar-refractivity contribution is 7.91. The van der Waals surface area contributed by atoms with Crippen molar-refractivity contribution < 1.29 is 13.2 Å². The molecule has 3 fully saturated rings. The highest BCUT2D eigenvalue weighted by atomic mass is 32.2. The average molecular weight is 382 g/mol. The summed E-state index contributed by atoms with van der Waals surface area (Å²) in [5, 5.41) is 0. The van der Waals surface area contributed by atoms with Crippen molar-refractivity contribution in [2.75, 3.05) is 44.2 Å². The molecule has 1 aromatic heterocycles. The first-order chi connectivity index (χ1) is 12.4. The van der Waals surface area contributed by atoms with Crippen molar-refractivity contribution in [2.45, 2.75) is 38.4 Å². The molecule has 3 aliphatic rings. The Morgan fingerprint density at radius 1 is 1.19 bits per heavy atom. The van der Waals surface area contributed by atoms with Crippen LogP contribution in [0.25, 0.3) is 0 Å². The van der Waals surface area contributed by atoms with E-state index in [0.29, 0.717) is 26.2 Å². The van der Waals surface area contributed by atoms with Gasteiger partial charge in [-0.05, 0) is 32.9 Å². The van der Waals surface area contributed by atoms with Gasteiger partial charge in [0.15, 0.2) is 9.84 Å². The number of carbonyl (C=O) groups is 1. The van der Waals surface area contributed by atoms with Crippen LogP contribution in [0.15, 0.2) is 6.33 Å². The molecule has 4 rings (SSSR count). The van der Waals surface area contributed by atoms with E-state index in [1.165, 1.54) is 0 Å². The standard InChI is InChI=1S/C17H27N5O3S/c1-13-14(19-12-18-13)8-21-6-7-22(16-11-26(24,25)10-15(16)21)17(23)9-20-4-2-3-5-20/h12,15-16H,2-11H2,1H3,(H,18,19)/t15-,16+/m1/s1. The second kappa shape index (κ2) is 6.94. The van der Waals surface area contributed by atoms with Gasteiger partial charge >= 0.3 is 0 Å². The largest absolute Gasteiger partial charge is 0.348 e. The van der Waals surface area contributed by atoms with Crippen molar-refractivity contribution in [1.29, 1.82) is 0 Å². The van der Waals surface area contributed by atoms with Crippen molar-refractivity contribution >= 4 is 15.7 Å². The Hall–Kier alpha value is -1.45. The Balaban J connectivity index is 1.50. The Kier molecular flexibility index (Phi) is 4.79. The maximum atomic E-state index is 12.8. The molecule has 0 saturated carbocycles. The van der Waals surface area contributed by atoms with Gasteiger partial charge in [0.25, 0.3) is 0 Å². The van der Waals surface area contributed by atoms with Crippen LogP contribution in [0, 0.1) is 6.92 Å². The number of hydrogen-bond donors (Lipinski definition) is 1. The molecule has 8 nitrogen and oxygen atoms in total. The summed E-state index contributed by atoms with van der Waals surface area (Å²) < 4.78 is 24.7. The van der Waals surface area contributed by atoms with Gasteiger partial charge in [-0.25, -0.2) is 13.4 Å². The zero-order chi connectivity index (χ0) is 18.3. The lowest BCUT2D eigenvalue weighted by atomic mass is 10.0. The lowest BCUT2D eigenvalue weighted by Crippen LogP contribution is -2.61. The van der Waals surface area contributed by atoms with Gasteiger partial charge in [-0.2, -0.15) is 0 Å². The number of H-pyrrole nitrogens is 1. The lowest BCUT2D eigenvalue weighted by Gasteiger charge is -2.44.